The van der Waals surface area contributed by atoms with Gasteiger partial charge in [-0.25, -0.2) is 0 Å². The molecule has 0 radical (unpaired) electrons. The topological polar surface area (TPSA) is 58.5 Å². The van der Waals surface area contributed by atoms with E-state index >= 15 is 0 Å². The Bertz CT molecular complexity index is 697. The Hall–Kier alpha value is -1.08. The Morgan fingerprint density at radius 2 is 2.00 bits per heavy atom. The van der Waals surface area contributed by atoms with Crippen molar-refractivity contribution in [1.82, 2.24) is 4.83 Å². The van der Waals surface area contributed by atoms with Gasteiger partial charge in [0.1, 0.15) is 4.21 Å². The summed E-state index contributed by atoms with van der Waals surface area (Å²) in [5, 5.41) is 6.05. The van der Waals surface area contributed by atoms with Gasteiger partial charge < -0.3 is 0 Å². The Balaban J connectivity index is 2.15. The summed E-state index contributed by atoms with van der Waals surface area (Å²) in [6.07, 6.45) is 1.30. The molecular formula is C11H8Cl2N2O2S2. The minimum absolute atomic E-state index is 0.196. The van der Waals surface area contributed by atoms with Crippen LogP contribution in [0.4, 0.5) is 0 Å². The molecule has 19 heavy (non-hydrogen) atoms. The van der Waals surface area contributed by atoms with Crippen molar-refractivity contribution in [3.05, 3.63) is 51.3 Å². The summed E-state index contributed by atoms with van der Waals surface area (Å²) in [4.78, 5) is 2.11. The lowest BCUT2D eigenvalue weighted by atomic mass is 10.2. The fraction of sp³-hybridized carbons (Fsp3) is 0. The van der Waals surface area contributed by atoms with E-state index in [1.807, 2.05) is 0 Å². The third-order valence-corrected chi connectivity index (χ3v) is 5.57. The Labute approximate surface area is 124 Å². The molecule has 0 aliphatic carbocycles. The predicted molar refractivity (Wildman–Crippen MR) is 78.7 cm³/mol. The zero-order valence-corrected chi connectivity index (χ0v) is 12.5. The van der Waals surface area contributed by atoms with Crippen LogP contribution < -0.4 is 4.83 Å². The van der Waals surface area contributed by atoms with Gasteiger partial charge in [0.2, 0.25) is 0 Å². The number of thiophene rings is 1. The second kappa shape index (κ2) is 5.92. The van der Waals surface area contributed by atoms with Crippen LogP contribution in [0.15, 0.2) is 45.0 Å². The van der Waals surface area contributed by atoms with Gasteiger partial charge in [0.15, 0.2) is 0 Å². The number of hydrazone groups is 1. The first-order valence-electron chi connectivity index (χ1n) is 5.03. The average molecular weight is 335 g/mol. The molecule has 2 rings (SSSR count). The van der Waals surface area contributed by atoms with Crippen LogP contribution in [0.25, 0.3) is 0 Å². The molecule has 2 aromatic rings. The van der Waals surface area contributed by atoms with Crippen molar-refractivity contribution < 1.29 is 8.42 Å². The van der Waals surface area contributed by atoms with Gasteiger partial charge in [-0.3, -0.25) is 0 Å². The second-order valence-electron chi connectivity index (χ2n) is 3.43. The fourth-order valence-corrected chi connectivity index (χ4v) is 3.38. The van der Waals surface area contributed by atoms with Crippen LogP contribution in [0.2, 0.25) is 10.0 Å². The van der Waals surface area contributed by atoms with Gasteiger partial charge in [-0.1, -0.05) is 41.4 Å². The number of benzene rings is 1. The molecule has 0 aliphatic rings. The number of sulfonamides is 1. The molecule has 0 saturated heterocycles. The van der Waals surface area contributed by atoms with E-state index in [2.05, 4.69) is 9.93 Å². The molecule has 8 heteroatoms. The van der Waals surface area contributed by atoms with E-state index in [0.29, 0.717) is 15.6 Å². The van der Waals surface area contributed by atoms with E-state index in [1.54, 1.807) is 29.6 Å². The van der Waals surface area contributed by atoms with Gasteiger partial charge in [-0.05, 0) is 17.5 Å². The Morgan fingerprint density at radius 1 is 1.21 bits per heavy atom. The monoisotopic (exact) mass is 334 g/mol. The fourth-order valence-electron chi connectivity index (χ4n) is 1.25. The highest BCUT2D eigenvalue weighted by Crippen LogP contribution is 2.24. The molecule has 0 spiro atoms. The summed E-state index contributed by atoms with van der Waals surface area (Å²) in [6.45, 7) is 0. The highest BCUT2D eigenvalue weighted by molar-refractivity contribution is 7.91. The molecule has 1 N–H and O–H groups in total. The van der Waals surface area contributed by atoms with Crippen LogP contribution in [0, 0.1) is 0 Å². The van der Waals surface area contributed by atoms with Crippen molar-refractivity contribution in [3.63, 3.8) is 0 Å². The number of nitrogens with one attached hydrogen (secondary N) is 1. The minimum atomic E-state index is -3.62. The molecule has 0 atom stereocenters. The molecule has 100 valence electrons. The van der Waals surface area contributed by atoms with Crippen LogP contribution in [0.5, 0.6) is 0 Å². The zero-order valence-electron chi connectivity index (χ0n) is 9.38. The quantitative estimate of drug-likeness (QED) is 0.688. The van der Waals surface area contributed by atoms with Crippen LogP contribution in [-0.2, 0) is 10.0 Å². The lowest BCUT2D eigenvalue weighted by Gasteiger charge is -2.01. The van der Waals surface area contributed by atoms with Gasteiger partial charge in [0.25, 0.3) is 10.0 Å². The van der Waals surface area contributed by atoms with Gasteiger partial charge in [0, 0.05) is 5.56 Å². The first kappa shape index (κ1) is 14.3. The van der Waals surface area contributed by atoms with Crippen LogP contribution in [-0.4, -0.2) is 14.6 Å². The third kappa shape index (κ3) is 3.48. The van der Waals surface area contributed by atoms with Crippen molar-refractivity contribution in [3.8, 4) is 0 Å². The number of hydrogen-bond donors (Lipinski definition) is 1. The molecule has 1 heterocycles. The lowest BCUT2D eigenvalue weighted by molar-refractivity contribution is 0.587. The molecule has 0 unspecified atom stereocenters. The molecule has 0 fully saturated rings. The van der Waals surface area contributed by atoms with Gasteiger partial charge in [-0.15, -0.1) is 11.3 Å². The van der Waals surface area contributed by atoms with Crippen LogP contribution in [0.1, 0.15) is 5.56 Å². The summed E-state index contributed by atoms with van der Waals surface area (Å²) < 4.78 is 23.7. The zero-order chi connectivity index (χ0) is 13.9. The van der Waals surface area contributed by atoms with Crippen LogP contribution >= 0.6 is 34.5 Å². The lowest BCUT2D eigenvalue weighted by Crippen LogP contribution is -2.17. The van der Waals surface area contributed by atoms with Crippen molar-refractivity contribution in [2.24, 2.45) is 5.10 Å². The first-order chi connectivity index (χ1) is 9.00. The number of nitrogens with zero attached hydrogens (tertiary/aromatic N) is 1. The molecule has 1 aromatic heterocycles. The first-order valence-corrected chi connectivity index (χ1v) is 8.15. The maximum Gasteiger partial charge on any atom is 0.286 e. The molecule has 0 aliphatic heterocycles. The van der Waals surface area contributed by atoms with Gasteiger partial charge in [0.05, 0.1) is 16.3 Å². The normalized spacial score (nSPS) is 11.9. The average Bonchev–Trinajstić information content (AvgIpc) is 2.89. The molecular weight excluding hydrogens is 327 g/mol. The van der Waals surface area contributed by atoms with E-state index in [9.17, 15) is 8.42 Å². The molecule has 1 aromatic carbocycles. The maximum atomic E-state index is 11.8. The van der Waals surface area contributed by atoms with E-state index in [4.69, 9.17) is 23.2 Å². The number of rotatable bonds is 4. The standard InChI is InChI=1S/C11H8Cl2N2O2S2/c12-9-4-1-3-8(11(9)13)7-14-15-19(16,17)10-5-2-6-18-10/h1-7,15H/b14-7+. The highest BCUT2D eigenvalue weighted by atomic mass is 35.5. The molecule has 4 nitrogen and oxygen atoms in total. The smallest absolute Gasteiger partial charge is 0.199 e. The van der Waals surface area contributed by atoms with Gasteiger partial charge in [-0.2, -0.15) is 18.4 Å². The SMILES string of the molecule is O=S(=O)(N/N=C/c1cccc(Cl)c1Cl)c1cccs1. The number of hydrogen-bond acceptors (Lipinski definition) is 4. The highest BCUT2D eigenvalue weighted by Gasteiger charge is 2.13. The van der Waals surface area contributed by atoms with Gasteiger partial charge >= 0.3 is 0 Å². The van der Waals surface area contributed by atoms with E-state index < -0.39 is 10.0 Å². The summed E-state index contributed by atoms with van der Waals surface area (Å²) in [7, 11) is -3.62. The summed E-state index contributed by atoms with van der Waals surface area (Å²) in [6, 6.07) is 8.16. The summed E-state index contributed by atoms with van der Waals surface area (Å²) in [5.41, 5.74) is 0.531. The third-order valence-electron chi connectivity index (χ3n) is 2.12. The molecule has 0 amide bonds. The van der Waals surface area contributed by atoms with Crippen molar-refractivity contribution >= 4 is 50.8 Å². The Morgan fingerprint density at radius 3 is 2.68 bits per heavy atom. The van der Waals surface area contributed by atoms with Crippen LogP contribution in [0.3, 0.4) is 0 Å². The molecule has 0 saturated carbocycles. The number of halogens is 2. The van der Waals surface area contributed by atoms with E-state index in [1.165, 1.54) is 12.3 Å². The second-order valence-corrected chi connectivity index (χ2v) is 7.05. The van der Waals surface area contributed by atoms with E-state index in [0.717, 1.165) is 11.3 Å². The summed E-state index contributed by atoms with van der Waals surface area (Å²) in [5.74, 6) is 0. The van der Waals surface area contributed by atoms with Crippen molar-refractivity contribution in [2.45, 2.75) is 4.21 Å². The van der Waals surface area contributed by atoms with E-state index in [-0.39, 0.29) is 4.21 Å². The minimum Gasteiger partial charge on any atom is -0.199 e. The Kier molecular flexibility index (Phi) is 4.46. The predicted octanol–water partition coefficient (Wildman–Crippen LogP) is 3.37. The van der Waals surface area contributed by atoms with Crippen molar-refractivity contribution in [2.75, 3.05) is 0 Å². The van der Waals surface area contributed by atoms with Crippen molar-refractivity contribution in [1.29, 1.82) is 0 Å². The maximum absolute atomic E-state index is 11.8. The largest absolute Gasteiger partial charge is 0.286 e. The molecule has 0 bridgehead atoms. The summed E-state index contributed by atoms with van der Waals surface area (Å²) >= 11 is 12.9.